The third-order valence-corrected chi connectivity index (χ3v) is 3.76. The van der Waals surface area contributed by atoms with Crippen LogP contribution in [-0.2, 0) is 6.42 Å². The van der Waals surface area contributed by atoms with Gasteiger partial charge in [-0.25, -0.2) is 0 Å². The zero-order chi connectivity index (χ0) is 15.5. The number of para-hydroxylation sites is 1. The maximum absolute atomic E-state index is 12.5. The summed E-state index contributed by atoms with van der Waals surface area (Å²) in [4.78, 5) is 24.8. The molecule has 3 nitrogen and oxygen atoms in total. The lowest BCUT2D eigenvalue weighted by Crippen LogP contribution is -2.03. The summed E-state index contributed by atoms with van der Waals surface area (Å²) in [7, 11) is 0. The lowest BCUT2D eigenvalue weighted by atomic mass is 10.0. The average molecular weight is 291 g/mol. The van der Waals surface area contributed by atoms with Gasteiger partial charge in [0.2, 0.25) is 0 Å². The molecule has 0 radical (unpaired) electrons. The summed E-state index contributed by atoms with van der Waals surface area (Å²) in [5.74, 6) is -0.395. The second-order valence-electron chi connectivity index (χ2n) is 5.36. The first-order chi connectivity index (χ1) is 10.7. The number of anilines is 1. The van der Waals surface area contributed by atoms with Gasteiger partial charge in [-0.15, -0.1) is 0 Å². The van der Waals surface area contributed by atoms with E-state index in [1.54, 1.807) is 6.07 Å². The smallest absolute Gasteiger partial charge is 0.199 e. The number of hydrogen-bond donors (Lipinski definition) is 1. The van der Waals surface area contributed by atoms with E-state index in [9.17, 15) is 9.59 Å². The zero-order valence-electron chi connectivity index (χ0n) is 12.4. The maximum Gasteiger partial charge on any atom is 0.199 e. The molecule has 0 bridgehead atoms. The number of Topliss-reactive ketones (excluding diaryl/α,β-unsaturated/α-hetero) is 2. The molecule has 0 aromatic heterocycles. The minimum atomic E-state index is -0.202. The number of aryl methyl sites for hydroxylation is 1. The Labute approximate surface area is 129 Å². The molecule has 3 rings (SSSR count). The SMILES string of the molecule is CCCc1ccc2c(c1)C(=O)/C(=C\Nc1ccccc1)C2=O. The van der Waals surface area contributed by atoms with E-state index in [-0.39, 0.29) is 17.1 Å². The molecule has 1 aliphatic rings. The van der Waals surface area contributed by atoms with E-state index in [0.29, 0.717) is 11.1 Å². The molecule has 0 amide bonds. The van der Waals surface area contributed by atoms with Crippen LogP contribution in [0.3, 0.4) is 0 Å². The van der Waals surface area contributed by atoms with Gasteiger partial charge in [-0.05, 0) is 30.2 Å². The van der Waals surface area contributed by atoms with Crippen LogP contribution in [0.25, 0.3) is 0 Å². The number of nitrogens with one attached hydrogen (secondary N) is 1. The molecule has 22 heavy (non-hydrogen) atoms. The van der Waals surface area contributed by atoms with Crippen LogP contribution in [-0.4, -0.2) is 11.6 Å². The molecule has 0 saturated heterocycles. The van der Waals surface area contributed by atoms with Crippen molar-refractivity contribution in [3.8, 4) is 0 Å². The van der Waals surface area contributed by atoms with E-state index >= 15 is 0 Å². The van der Waals surface area contributed by atoms with Gasteiger partial charge in [-0.1, -0.05) is 43.7 Å². The van der Waals surface area contributed by atoms with Crippen LogP contribution in [0, 0.1) is 0 Å². The Morgan fingerprint density at radius 3 is 2.41 bits per heavy atom. The van der Waals surface area contributed by atoms with Gasteiger partial charge in [0.1, 0.15) is 0 Å². The monoisotopic (exact) mass is 291 g/mol. The van der Waals surface area contributed by atoms with Crippen LogP contribution >= 0.6 is 0 Å². The van der Waals surface area contributed by atoms with Gasteiger partial charge in [-0.3, -0.25) is 9.59 Å². The molecular formula is C19H17NO2. The average Bonchev–Trinajstić information content (AvgIpc) is 2.78. The van der Waals surface area contributed by atoms with E-state index in [4.69, 9.17) is 0 Å². The molecule has 0 atom stereocenters. The number of ketones is 2. The number of hydrogen-bond acceptors (Lipinski definition) is 3. The van der Waals surface area contributed by atoms with Crippen LogP contribution < -0.4 is 5.32 Å². The number of fused-ring (bicyclic) bond motifs is 1. The van der Waals surface area contributed by atoms with Crippen molar-refractivity contribution in [2.24, 2.45) is 0 Å². The van der Waals surface area contributed by atoms with Gasteiger partial charge in [0.05, 0.1) is 5.57 Å². The number of carbonyl (C=O) groups excluding carboxylic acids is 2. The predicted octanol–water partition coefficient (Wildman–Crippen LogP) is 4.01. The fourth-order valence-electron chi connectivity index (χ4n) is 2.64. The highest BCUT2D eigenvalue weighted by Crippen LogP contribution is 2.27. The third kappa shape index (κ3) is 2.58. The molecule has 0 spiro atoms. The van der Waals surface area contributed by atoms with Crippen molar-refractivity contribution in [2.75, 3.05) is 5.32 Å². The molecule has 2 aromatic rings. The number of carbonyl (C=O) groups is 2. The molecule has 1 N–H and O–H groups in total. The molecule has 0 aliphatic heterocycles. The summed E-state index contributed by atoms with van der Waals surface area (Å²) in [5.41, 5.74) is 3.17. The van der Waals surface area contributed by atoms with E-state index < -0.39 is 0 Å². The Hall–Kier alpha value is -2.68. The predicted molar refractivity (Wildman–Crippen MR) is 87.2 cm³/mol. The van der Waals surface area contributed by atoms with Crippen molar-refractivity contribution >= 4 is 17.3 Å². The van der Waals surface area contributed by atoms with E-state index in [0.717, 1.165) is 24.1 Å². The largest absolute Gasteiger partial charge is 0.361 e. The highest BCUT2D eigenvalue weighted by atomic mass is 16.2. The Kier molecular flexibility index (Phi) is 3.88. The number of allylic oxidation sites excluding steroid dienone is 1. The van der Waals surface area contributed by atoms with Crippen molar-refractivity contribution in [3.63, 3.8) is 0 Å². The minimum Gasteiger partial charge on any atom is -0.361 e. The van der Waals surface area contributed by atoms with Crippen molar-refractivity contribution < 1.29 is 9.59 Å². The number of rotatable bonds is 4. The van der Waals surface area contributed by atoms with Crippen LogP contribution in [0.15, 0.2) is 60.3 Å². The molecule has 0 unspecified atom stereocenters. The number of benzene rings is 2. The van der Waals surface area contributed by atoms with Gasteiger partial charge in [-0.2, -0.15) is 0 Å². The van der Waals surface area contributed by atoms with Crippen molar-refractivity contribution in [1.82, 2.24) is 0 Å². The molecule has 3 heteroatoms. The maximum atomic E-state index is 12.5. The second kappa shape index (κ2) is 5.98. The van der Waals surface area contributed by atoms with Gasteiger partial charge in [0, 0.05) is 23.0 Å². The van der Waals surface area contributed by atoms with Crippen molar-refractivity contribution in [1.29, 1.82) is 0 Å². The van der Waals surface area contributed by atoms with Gasteiger partial charge >= 0.3 is 0 Å². The molecule has 110 valence electrons. The standard InChI is InChI=1S/C19H17NO2/c1-2-6-13-9-10-15-16(11-13)19(22)17(18(15)21)12-20-14-7-4-3-5-8-14/h3-5,7-12,20H,2,6H2,1H3/b17-12-. The summed E-state index contributed by atoms with van der Waals surface area (Å²) in [5, 5.41) is 3.02. The zero-order valence-corrected chi connectivity index (χ0v) is 12.4. The van der Waals surface area contributed by atoms with Gasteiger partial charge in [0.25, 0.3) is 0 Å². The highest BCUT2D eigenvalue weighted by Gasteiger charge is 2.33. The molecule has 1 aliphatic carbocycles. The summed E-state index contributed by atoms with van der Waals surface area (Å²) < 4.78 is 0. The Balaban J connectivity index is 1.89. The van der Waals surface area contributed by atoms with E-state index in [1.165, 1.54) is 6.20 Å². The van der Waals surface area contributed by atoms with Crippen molar-refractivity contribution in [3.05, 3.63) is 77.0 Å². The van der Waals surface area contributed by atoms with Crippen LogP contribution in [0.4, 0.5) is 5.69 Å². The van der Waals surface area contributed by atoms with Gasteiger partial charge < -0.3 is 5.32 Å². The molecule has 2 aromatic carbocycles. The summed E-state index contributed by atoms with van der Waals surface area (Å²) in [6.45, 7) is 2.09. The quantitative estimate of drug-likeness (QED) is 0.683. The van der Waals surface area contributed by atoms with E-state index in [2.05, 4.69) is 12.2 Å². The topological polar surface area (TPSA) is 46.2 Å². The molecular weight excluding hydrogens is 274 g/mol. The normalized spacial score (nSPS) is 15.2. The Morgan fingerprint density at radius 2 is 1.68 bits per heavy atom. The molecule has 0 saturated carbocycles. The summed E-state index contributed by atoms with van der Waals surface area (Å²) >= 11 is 0. The third-order valence-electron chi connectivity index (χ3n) is 3.76. The van der Waals surface area contributed by atoms with Crippen LogP contribution in [0.2, 0.25) is 0 Å². The van der Waals surface area contributed by atoms with Crippen LogP contribution in [0.5, 0.6) is 0 Å². The lowest BCUT2D eigenvalue weighted by Gasteiger charge is -2.01. The molecule has 0 fully saturated rings. The fraction of sp³-hybridized carbons (Fsp3) is 0.158. The summed E-state index contributed by atoms with van der Waals surface area (Å²) in [6, 6.07) is 15.0. The van der Waals surface area contributed by atoms with Crippen molar-refractivity contribution in [2.45, 2.75) is 19.8 Å². The minimum absolute atomic E-state index is 0.193. The van der Waals surface area contributed by atoms with E-state index in [1.807, 2.05) is 42.5 Å². The highest BCUT2D eigenvalue weighted by molar-refractivity contribution is 6.39. The Morgan fingerprint density at radius 1 is 0.955 bits per heavy atom. The first-order valence-corrected chi connectivity index (χ1v) is 7.44. The van der Waals surface area contributed by atoms with Crippen LogP contribution in [0.1, 0.15) is 39.6 Å². The molecule has 0 heterocycles. The van der Waals surface area contributed by atoms with Gasteiger partial charge in [0.15, 0.2) is 11.6 Å². The first-order valence-electron chi connectivity index (χ1n) is 7.44. The second-order valence-corrected chi connectivity index (χ2v) is 5.36. The fourth-order valence-corrected chi connectivity index (χ4v) is 2.64. The Bertz CT molecular complexity index is 760. The first kappa shape index (κ1) is 14.3. The summed E-state index contributed by atoms with van der Waals surface area (Å²) in [6.07, 6.45) is 3.44. The lowest BCUT2D eigenvalue weighted by molar-refractivity contribution is 0.0988.